The standard InChI is InChI=1S/C24H25N3O3S/c1-17-26-21(16-31-17)15-30-22-7-5-4-6-19(22)12-13-23(28)25-14-18-8-10-20(11-9-18)24(29)27(2)3/h4-13,16H,14-15H2,1-3H3,(H,25,28)/b13-12+. The van der Waals surface area contributed by atoms with Crippen LogP contribution in [0.5, 0.6) is 5.75 Å². The van der Waals surface area contributed by atoms with Crippen LogP contribution in [0.4, 0.5) is 0 Å². The van der Waals surface area contributed by atoms with Crippen molar-refractivity contribution in [3.8, 4) is 5.75 Å². The maximum absolute atomic E-state index is 12.2. The van der Waals surface area contributed by atoms with Crippen LogP contribution >= 0.6 is 11.3 Å². The second-order valence-electron chi connectivity index (χ2n) is 7.13. The normalized spacial score (nSPS) is 10.8. The molecule has 0 bridgehead atoms. The molecule has 1 N–H and O–H groups in total. The molecule has 160 valence electrons. The number of amides is 2. The van der Waals surface area contributed by atoms with Crippen molar-refractivity contribution in [1.29, 1.82) is 0 Å². The van der Waals surface area contributed by atoms with Crippen molar-refractivity contribution in [2.75, 3.05) is 14.1 Å². The molecule has 0 saturated heterocycles. The van der Waals surface area contributed by atoms with Crippen LogP contribution in [0.2, 0.25) is 0 Å². The zero-order chi connectivity index (χ0) is 22.2. The molecule has 0 radical (unpaired) electrons. The summed E-state index contributed by atoms with van der Waals surface area (Å²) >= 11 is 1.59. The van der Waals surface area contributed by atoms with Crippen molar-refractivity contribution in [3.05, 3.63) is 87.4 Å². The number of carbonyl (C=O) groups is 2. The van der Waals surface area contributed by atoms with Gasteiger partial charge < -0.3 is 15.0 Å². The molecule has 0 fully saturated rings. The minimum atomic E-state index is -0.210. The molecule has 2 amide bonds. The lowest BCUT2D eigenvalue weighted by Crippen LogP contribution is -2.22. The van der Waals surface area contributed by atoms with Crippen LogP contribution in [-0.2, 0) is 17.9 Å². The number of nitrogens with one attached hydrogen (secondary N) is 1. The lowest BCUT2D eigenvalue weighted by atomic mass is 10.1. The molecule has 6 nitrogen and oxygen atoms in total. The third kappa shape index (κ3) is 6.52. The quantitative estimate of drug-likeness (QED) is 0.542. The number of thiazole rings is 1. The summed E-state index contributed by atoms with van der Waals surface area (Å²) in [6.07, 6.45) is 3.22. The number of carbonyl (C=O) groups excluding carboxylic acids is 2. The van der Waals surface area contributed by atoms with Crippen LogP contribution < -0.4 is 10.1 Å². The summed E-state index contributed by atoms with van der Waals surface area (Å²) in [6.45, 7) is 2.72. The number of hydrogen-bond acceptors (Lipinski definition) is 5. The predicted molar refractivity (Wildman–Crippen MR) is 123 cm³/mol. The molecule has 1 heterocycles. The van der Waals surface area contributed by atoms with E-state index in [4.69, 9.17) is 4.74 Å². The Labute approximate surface area is 186 Å². The van der Waals surface area contributed by atoms with E-state index in [2.05, 4.69) is 10.3 Å². The highest BCUT2D eigenvalue weighted by Gasteiger charge is 2.07. The van der Waals surface area contributed by atoms with Gasteiger partial charge in [-0.25, -0.2) is 4.98 Å². The van der Waals surface area contributed by atoms with E-state index in [1.807, 2.05) is 48.7 Å². The van der Waals surface area contributed by atoms with Gasteiger partial charge in [-0.05, 0) is 36.8 Å². The molecule has 0 atom stereocenters. The molecule has 3 aromatic rings. The average molecular weight is 436 g/mol. The first-order valence-electron chi connectivity index (χ1n) is 9.81. The molecular weight excluding hydrogens is 410 g/mol. The monoisotopic (exact) mass is 435 g/mol. The Morgan fingerprint density at radius 3 is 2.55 bits per heavy atom. The Morgan fingerprint density at radius 2 is 1.87 bits per heavy atom. The first kappa shape index (κ1) is 22.2. The summed E-state index contributed by atoms with van der Waals surface area (Å²) in [5.41, 5.74) is 3.23. The maximum atomic E-state index is 12.2. The molecule has 3 rings (SSSR count). The Morgan fingerprint density at radius 1 is 1.13 bits per heavy atom. The second-order valence-corrected chi connectivity index (χ2v) is 8.19. The zero-order valence-corrected chi connectivity index (χ0v) is 18.6. The summed E-state index contributed by atoms with van der Waals surface area (Å²) in [4.78, 5) is 30.1. The van der Waals surface area contributed by atoms with E-state index in [0.29, 0.717) is 24.5 Å². The smallest absolute Gasteiger partial charge is 0.253 e. The number of ether oxygens (including phenoxy) is 1. The van der Waals surface area contributed by atoms with Gasteiger partial charge in [-0.3, -0.25) is 9.59 Å². The fourth-order valence-corrected chi connectivity index (χ4v) is 3.41. The second kappa shape index (κ2) is 10.5. The van der Waals surface area contributed by atoms with Crippen molar-refractivity contribution in [2.24, 2.45) is 0 Å². The minimum Gasteiger partial charge on any atom is -0.487 e. The van der Waals surface area contributed by atoms with Crippen LogP contribution in [-0.4, -0.2) is 35.8 Å². The van der Waals surface area contributed by atoms with Gasteiger partial charge >= 0.3 is 0 Å². The molecule has 7 heteroatoms. The molecule has 1 aromatic heterocycles. The molecule has 0 aliphatic heterocycles. The highest BCUT2D eigenvalue weighted by Crippen LogP contribution is 2.21. The maximum Gasteiger partial charge on any atom is 0.253 e. The largest absolute Gasteiger partial charge is 0.487 e. The van der Waals surface area contributed by atoms with Crippen molar-refractivity contribution >= 4 is 29.2 Å². The van der Waals surface area contributed by atoms with Gasteiger partial charge in [0.05, 0.1) is 10.7 Å². The minimum absolute atomic E-state index is 0.0516. The van der Waals surface area contributed by atoms with Gasteiger partial charge in [-0.2, -0.15) is 0 Å². The molecule has 2 aromatic carbocycles. The number of aromatic nitrogens is 1. The topological polar surface area (TPSA) is 71.5 Å². The lowest BCUT2D eigenvalue weighted by molar-refractivity contribution is -0.116. The molecule has 0 spiro atoms. The van der Waals surface area contributed by atoms with Crippen LogP contribution in [0.25, 0.3) is 6.08 Å². The van der Waals surface area contributed by atoms with E-state index in [9.17, 15) is 9.59 Å². The van der Waals surface area contributed by atoms with Crippen molar-refractivity contribution < 1.29 is 14.3 Å². The van der Waals surface area contributed by atoms with E-state index >= 15 is 0 Å². The van der Waals surface area contributed by atoms with E-state index < -0.39 is 0 Å². The Hall–Kier alpha value is -3.45. The molecule has 0 saturated carbocycles. The summed E-state index contributed by atoms with van der Waals surface area (Å²) < 4.78 is 5.88. The zero-order valence-electron chi connectivity index (χ0n) is 17.8. The first-order chi connectivity index (χ1) is 14.9. The van der Waals surface area contributed by atoms with Gasteiger partial charge in [0.2, 0.25) is 5.91 Å². The fraction of sp³-hybridized carbons (Fsp3) is 0.208. The SMILES string of the molecule is Cc1nc(COc2ccccc2/C=C/C(=O)NCc2ccc(C(=O)N(C)C)cc2)cs1. The molecule has 0 aliphatic rings. The third-order valence-electron chi connectivity index (χ3n) is 4.45. The average Bonchev–Trinajstić information content (AvgIpc) is 3.20. The molecule has 0 unspecified atom stereocenters. The Bertz CT molecular complexity index is 1070. The van der Waals surface area contributed by atoms with Crippen molar-refractivity contribution in [2.45, 2.75) is 20.1 Å². The van der Waals surface area contributed by atoms with Crippen molar-refractivity contribution in [1.82, 2.24) is 15.2 Å². The first-order valence-corrected chi connectivity index (χ1v) is 10.7. The van der Waals surface area contributed by atoms with E-state index in [1.54, 1.807) is 43.6 Å². The lowest BCUT2D eigenvalue weighted by Gasteiger charge is -2.10. The van der Waals surface area contributed by atoms with Gasteiger partial charge in [-0.1, -0.05) is 30.3 Å². The number of nitrogens with zero attached hydrogens (tertiary/aromatic N) is 2. The van der Waals surface area contributed by atoms with Gasteiger partial charge in [-0.15, -0.1) is 11.3 Å². The van der Waals surface area contributed by atoms with Gasteiger partial charge in [0.25, 0.3) is 5.91 Å². The summed E-state index contributed by atoms with van der Waals surface area (Å²) in [5.74, 6) is 0.432. The Balaban J connectivity index is 1.54. The number of rotatable bonds is 8. The van der Waals surface area contributed by atoms with Crippen LogP contribution in [0.15, 0.2) is 60.0 Å². The highest BCUT2D eigenvalue weighted by atomic mass is 32.1. The Kier molecular flexibility index (Phi) is 7.56. The number of aryl methyl sites for hydroxylation is 1. The van der Waals surface area contributed by atoms with Gasteiger partial charge in [0.1, 0.15) is 12.4 Å². The molecule has 0 aliphatic carbocycles. The predicted octanol–water partition coefficient (Wildman–Crippen LogP) is 4.06. The van der Waals surface area contributed by atoms with Crippen LogP contribution in [0, 0.1) is 6.92 Å². The summed E-state index contributed by atoms with van der Waals surface area (Å²) in [5, 5.41) is 5.83. The van der Waals surface area contributed by atoms with Gasteiger partial charge in [0, 0.05) is 43.2 Å². The van der Waals surface area contributed by atoms with Gasteiger partial charge in [0.15, 0.2) is 0 Å². The fourth-order valence-electron chi connectivity index (χ4n) is 2.81. The highest BCUT2D eigenvalue weighted by molar-refractivity contribution is 7.09. The number of hydrogen-bond donors (Lipinski definition) is 1. The van der Waals surface area contributed by atoms with E-state index in [0.717, 1.165) is 21.8 Å². The van der Waals surface area contributed by atoms with E-state index in [-0.39, 0.29) is 11.8 Å². The van der Waals surface area contributed by atoms with Crippen LogP contribution in [0.1, 0.15) is 32.2 Å². The number of para-hydroxylation sites is 1. The van der Waals surface area contributed by atoms with E-state index in [1.165, 1.54) is 11.0 Å². The van der Waals surface area contributed by atoms with Crippen LogP contribution in [0.3, 0.4) is 0 Å². The third-order valence-corrected chi connectivity index (χ3v) is 5.27. The molecule has 31 heavy (non-hydrogen) atoms. The molecular formula is C24H25N3O3S. The summed E-state index contributed by atoms with van der Waals surface area (Å²) in [7, 11) is 3.43. The number of benzene rings is 2. The summed E-state index contributed by atoms with van der Waals surface area (Å²) in [6, 6.07) is 14.7. The van der Waals surface area contributed by atoms with Crippen molar-refractivity contribution in [3.63, 3.8) is 0 Å².